The Morgan fingerprint density at radius 1 is 1.27 bits per heavy atom. The van der Waals surface area contributed by atoms with Gasteiger partial charge in [-0.15, -0.1) is 0 Å². The molecule has 0 spiro atoms. The van der Waals surface area contributed by atoms with Crippen LogP contribution in [0.2, 0.25) is 0 Å². The third-order valence-electron chi connectivity index (χ3n) is 5.23. The van der Waals surface area contributed by atoms with E-state index in [1.54, 1.807) is 0 Å². The summed E-state index contributed by atoms with van der Waals surface area (Å²) >= 11 is 0. The van der Waals surface area contributed by atoms with Gasteiger partial charge in [-0.25, -0.2) is 4.98 Å². The number of benzene rings is 1. The molecule has 1 aromatic heterocycles. The largest absolute Gasteiger partial charge is 0.375 e. The fraction of sp³-hybridized carbons (Fsp3) is 0.450. The maximum atomic E-state index is 12.9. The monoisotopic (exact) mass is 353 g/mol. The second kappa shape index (κ2) is 7.41. The molecule has 0 saturated carbocycles. The van der Waals surface area contributed by atoms with E-state index in [-0.39, 0.29) is 17.6 Å². The zero-order valence-corrected chi connectivity index (χ0v) is 14.7. The number of morpholine rings is 1. The Morgan fingerprint density at radius 3 is 3.04 bits per heavy atom. The van der Waals surface area contributed by atoms with Gasteiger partial charge in [0.2, 0.25) is 0 Å². The molecule has 6 heteroatoms. The lowest BCUT2D eigenvalue weighted by Gasteiger charge is -2.33. The molecular formula is C20H23N3O3. The van der Waals surface area contributed by atoms with Crippen molar-refractivity contribution in [3.63, 3.8) is 0 Å². The molecule has 1 aliphatic carbocycles. The molecule has 2 aromatic rings. The van der Waals surface area contributed by atoms with E-state index in [0.717, 1.165) is 30.5 Å². The third kappa shape index (κ3) is 3.70. The number of aryl methyl sites for hydroxylation is 3. The Kier molecular flexibility index (Phi) is 4.84. The van der Waals surface area contributed by atoms with Crippen molar-refractivity contribution in [3.8, 4) is 0 Å². The lowest BCUT2D eigenvalue weighted by atomic mass is 10.0. The van der Waals surface area contributed by atoms with Gasteiger partial charge in [0.25, 0.3) is 11.5 Å². The van der Waals surface area contributed by atoms with E-state index in [9.17, 15) is 9.59 Å². The number of ether oxygens (including phenoxy) is 1. The van der Waals surface area contributed by atoms with Crippen LogP contribution in [0.15, 0.2) is 35.4 Å². The predicted molar refractivity (Wildman–Crippen MR) is 97.3 cm³/mol. The van der Waals surface area contributed by atoms with Gasteiger partial charge in [0.1, 0.15) is 0 Å². The minimum Gasteiger partial charge on any atom is -0.375 e. The lowest BCUT2D eigenvalue weighted by Crippen LogP contribution is -2.45. The Labute approximate surface area is 152 Å². The van der Waals surface area contributed by atoms with Gasteiger partial charge in [-0.05, 0) is 55.4 Å². The van der Waals surface area contributed by atoms with Crippen molar-refractivity contribution in [1.29, 1.82) is 0 Å². The van der Waals surface area contributed by atoms with Crippen LogP contribution in [0.3, 0.4) is 0 Å². The number of rotatable bonds is 4. The molecule has 1 saturated heterocycles. The highest BCUT2D eigenvalue weighted by molar-refractivity contribution is 5.94. The van der Waals surface area contributed by atoms with Crippen LogP contribution in [-0.2, 0) is 24.0 Å². The highest BCUT2D eigenvalue weighted by Gasteiger charge is 2.25. The van der Waals surface area contributed by atoms with Gasteiger partial charge < -0.3 is 14.6 Å². The van der Waals surface area contributed by atoms with E-state index >= 15 is 0 Å². The van der Waals surface area contributed by atoms with Gasteiger partial charge in [-0.1, -0.05) is 6.07 Å². The molecular weight excluding hydrogens is 330 g/mol. The second-order valence-corrected chi connectivity index (χ2v) is 7.02. The first kappa shape index (κ1) is 17.0. The lowest BCUT2D eigenvalue weighted by molar-refractivity contribution is -0.0247. The summed E-state index contributed by atoms with van der Waals surface area (Å²) in [5.74, 6) is 0.0854. The van der Waals surface area contributed by atoms with Crippen molar-refractivity contribution in [2.24, 2.45) is 0 Å². The smallest absolute Gasteiger partial charge is 0.254 e. The Morgan fingerprint density at radius 2 is 2.15 bits per heavy atom. The summed E-state index contributed by atoms with van der Waals surface area (Å²) in [7, 11) is 0. The van der Waals surface area contributed by atoms with Gasteiger partial charge in [0, 0.05) is 30.4 Å². The van der Waals surface area contributed by atoms with Gasteiger partial charge in [-0.3, -0.25) is 9.59 Å². The highest BCUT2D eigenvalue weighted by atomic mass is 16.5. The Balaban J connectivity index is 1.38. The number of aromatic amines is 1. The van der Waals surface area contributed by atoms with Gasteiger partial charge >= 0.3 is 0 Å². The summed E-state index contributed by atoms with van der Waals surface area (Å²) in [6, 6.07) is 7.63. The first-order chi connectivity index (χ1) is 12.7. The molecule has 1 N–H and O–H groups in total. The average Bonchev–Trinajstić information content (AvgIpc) is 3.14. The Hall–Kier alpha value is -2.47. The van der Waals surface area contributed by atoms with Crippen molar-refractivity contribution in [1.82, 2.24) is 14.9 Å². The van der Waals surface area contributed by atoms with Crippen LogP contribution < -0.4 is 5.56 Å². The van der Waals surface area contributed by atoms with E-state index in [1.165, 1.54) is 29.9 Å². The molecule has 26 heavy (non-hydrogen) atoms. The summed E-state index contributed by atoms with van der Waals surface area (Å²) in [4.78, 5) is 32.8. The van der Waals surface area contributed by atoms with Crippen molar-refractivity contribution in [3.05, 3.63) is 63.3 Å². The number of nitrogens with zero attached hydrogens (tertiary/aromatic N) is 2. The predicted octanol–water partition coefficient (Wildman–Crippen LogP) is 1.73. The molecule has 1 atom stereocenters. The van der Waals surface area contributed by atoms with Crippen molar-refractivity contribution >= 4 is 5.91 Å². The van der Waals surface area contributed by atoms with E-state index in [4.69, 9.17) is 4.74 Å². The first-order valence-corrected chi connectivity index (χ1v) is 9.25. The molecule has 136 valence electrons. The summed E-state index contributed by atoms with van der Waals surface area (Å²) < 4.78 is 5.81. The van der Waals surface area contributed by atoms with Gasteiger partial charge in [0.05, 0.1) is 19.0 Å². The molecule has 0 bridgehead atoms. The topological polar surface area (TPSA) is 75.3 Å². The number of H-pyrrole nitrogens is 1. The quantitative estimate of drug-likeness (QED) is 0.908. The fourth-order valence-electron chi connectivity index (χ4n) is 3.82. The van der Waals surface area contributed by atoms with E-state index in [2.05, 4.69) is 22.1 Å². The molecule has 6 nitrogen and oxygen atoms in total. The number of carbonyl (C=O) groups is 1. The van der Waals surface area contributed by atoms with Crippen LogP contribution in [0.25, 0.3) is 0 Å². The molecule has 1 fully saturated rings. The minimum atomic E-state index is -0.145. The Bertz CT molecular complexity index is 861. The third-order valence-corrected chi connectivity index (χ3v) is 5.23. The van der Waals surface area contributed by atoms with Crippen LogP contribution in [0.1, 0.15) is 40.0 Å². The zero-order chi connectivity index (χ0) is 17.9. The van der Waals surface area contributed by atoms with Crippen LogP contribution >= 0.6 is 0 Å². The number of hydrogen-bond donors (Lipinski definition) is 1. The molecule has 1 aliphatic heterocycles. The molecule has 1 amide bonds. The van der Waals surface area contributed by atoms with Crippen LogP contribution in [0, 0.1) is 0 Å². The molecule has 0 radical (unpaired) electrons. The minimum absolute atomic E-state index is 0.0248. The van der Waals surface area contributed by atoms with E-state index in [1.807, 2.05) is 11.0 Å². The van der Waals surface area contributed by atoms with Crippen molar-refractivity contribution < 1.29 is 9.53 Å². The molecule has 2 aliphatic rings. The normalized spacial score (nSPS) is 19.4. The average molecular weight is 353 g/mol. The van der Waals surface area contributed by atoms with Crippen LogP contribution in [0.4, 0.5) is 0 Å². The number of carbonyl (C=O) groups excluding carboxylic acids is 1. The summed E-state index contributed by atoms with van der Waals surface area (Å²) in [5, 5.41) is 0. The van der Waals surface area contributed by atoms with Crippen molar-refractivity contribution in [2.45, 2.75) is 38.2 Å². The number of nitrogens with one attached hydrogen (secondary N) is 1. The van der Waals surface area contributed by atoms with Crippen LogP contribution in [-0.4, -0.2) is 46.6 Å². The maximum Gasteiger partial charge on any atom is 0.254 e. The molecule has 0 unspecified atom stereocenters. The second-order valence-electron chi connectivity index (χ2n) is 7.02. The number of amides is 1. The standard InChI is InChI=1S/C20H23N3O3/c24-19-11-17(21-13-22-19)6-7-18-12-23(8-9-26-18)20(25)16-5-4-14-2-1-3-15(14)10-16/h4-5,10-11,13,18H,1-3,6-9,12H2,(H,21,22,24)/t18-/m1/s1. The fourth-order valence-corrected chi connectivity index (χ4v) is 3.82. The van der Waals surface area contributed by atoms with Gasteiger partial charge in [0.15, 0.2) is 0 Å². The van der Waals surface area contributed by atoms with E-state index in [0.29, 0.717) is 26.1 Å². The summed E-state index contributed by atoms with van der Waals surface area (Å²) in [6.07, 6.45) is 6.18. The number of fused-ring (bicyclic) bond motifs is 1. The highest BCUT2D eigenvalue weighted by Crippen LogP contribution is 2.24. The number of hydrogen-bond acceptors (Lipinski definition) is 4. The van der Waals surface area contributed by atoms with Gasteiger partial charge in [-0.2, -0.15) is 0 Å². The molecule has 4 rings (SSSR count). The van der Waals surface area contributed by atoms with Crippen LogP contribution in [0.5, 0.6) is 0 Å². The maximum absolute atomic E-state index is 12.9. The SMILES string of the molecule is O=C(c1ccc2c(c1)CCC2)N1CCO[C@H](CCc2cc(=O)[nH]cn2)C1. The zero-order valence-electron chi connectivity index (χ0n) is 14.7. The molecule has 2 heterocycles. The molecule has 1 aromatic carbocycles. The van der Waals surface area contributed by atoms with Crippen molar-refractivity contribution in [2.75, 3.05) is 19.7 Å². The summed E-state index contributed by atoms with van der Waals surface area (Å²) in [5.41, 5.74) is 4.09. The first-order valence-electron chi connectivity index (χ1n) is 9.25. The van der Waals surface area contributed by atoms with E-state index < -0.39 is 0 Å². The summed E-state index contributed by atoms with van der Waals surface area (Å²) in [6.45, 7) is 1.75. The number of aromatic nitrogens is 2.